The highest BCUT2D eigenvalue weighted by Gasteiger charge is 2.27. The minimum Gasteiger partial charge on any atom is -0.491 e. The van der Waals surface area contributed by atoms with Crippen LogP contribution in [0.5, 0.6) is 17.4 Å². The van der Waals surface area contributed by atoms with E-state index in [4.69, 9.17) is 25.8 Å². The molecule has 1 aliphatic rings. The van der Waals surface area contributed by atoms with Crippen molar-refractivity contribution in [2.24, 2.45) is 0 Å². The minimum atomic E-state index is -1.24. The number of nitrogens with zero attached hydrogens (tertiary/aromatic N) is 6. The Morgan fingerprint density at radius 2 is 1.86 bits per heavy atom. The lowest BCUT2D eigenvalue weighted by Gasteiger charge is -2.32. The van der Waals surface area contributed by atoms with Gasteiger partial charge in [-0.15, -0.1) is 11.3 Å². The van der Waals surface area contributed by atoms with E-state index < -0.39 is 12.1 Å². The fourth-order valence-electron chi connectivity index (χ4n) is 6.08. The SMILES string of the molecule is CCCCn1nccc1COc1ccccc1C[C@@H](Oc1ncnc2sc(I)c(-c3ccc(OCCN4CCN(C)CC4)c(Cl)c3C)c12)C(=O)O. The lowest BCUT2D eigenvalue weighted by Crippen LogP contribution is -2.45. The number of hydrogen-bond donors (Lipinski definition) is 1. The Morgan fingerprint density at radius 1 is 1.06 bits per heavy atom. The Labute approximate surface area is 320 Å². The number of aliphatic carboxylic acids is 1. The van der Waals surface area contributed by atoms with Crippen molar-refractivity contribution in [1.82, 2.24) is 29.5 Å². The highest BCUT2D eigenvalue weighted by Crippen LogP contribution is 2.46. The van der Waals surface area contributed by atoms with Gasteiger partial charge >= 0.3 is 5.97 Å². The topological polar surface area (TPSA) is 115 Å². The minimum absolute atomic E-state index is 0.0632. The molecule has 1 saturated heterocycles. The first-order valence-electron chi connectivity index (χ1n) is 17.1. The smallest absolute Gasteiger partial charge is 0.345 e. The van der Waals surface area contributed by atoms with Crippen LogP contribution in [-0.4, -0.2) is 93.1 Å². The van der Waals surface area contributed by atoms with E-state index in [0.717, 1.165) is 77.4 Å². The third-order valence-electron chi connectivity index (χ3n) is 9.10. The molecular weight excluding hydrogens is 803 g/mol. The predicted octanol–water partition coefficient (Wildman–Crippen LogP) is 7.20. The van der Waals surface area contributed by atoms with Crippen LogP contribution in [0.15, 0.2) is 55.0 Å². The molecule has 0 amide bonds. The molecule has 1 aliphatic heterocycles. The summed E-state index contributed by atoms with van der Waals surface area (Å²) in [5.74, 6) is 0.303. The van der Waals surface area contributed by atoms with Gasteiger partial charge in [-0.2, -0.15) is 5.10 Å². The molecule has 14 heteroatoms. The Morgan fingerprint density at radius 3 is 2.65 bits per heavy atom. The van der Waals surface area contributed by atoms with Crippen LogP contribution in [0.4, 0.5) is 0 Å². The summed E-state index contributed by atoms with van der Waals surface area (Å²) in [7, 11) is 2.14. The van der Waals surface area contributed by atoms with Crippen molar-refractivity contribution in [2.45, 2.75) is 52.4 Å². The molecule has 0 radical (unpaired) electrons. The first-order valence-corrected chi connectivity index (χ1v) is 19.4. The number of likely N-dealkylation sites (N-methyl/N-ethyl adjacent to an activating group) is 1. The monoisotopic (exact) mass is 844 g/mol. The van der Waals surface area contributed by atoms with E-state index >= 15 is 0 Å². The van der Waals surface area contributed by atoms with Crippen molar-refractivity contribution in [3.63, 3.8) is 0 Å². The number of benzene rings is 2. The molecule has 3 aromatic heterocycles. The number of ether oxygens (including phenoxy) is 3. The summed E-state index contributed by atoms with van der Waals surface area (Å²) >= 11 is 10.7. The van der Waals surface area contributed by atoms with Gasteiger partial charge in [0.25, 0.3) is 0 Å². The van der Waals surface area contributed by atoms with Crippen molar-refractivity contribution < 1.29 is 24.1 Å². The van der Waals surface area contributed by atoms with Crippen LogP contribution in [0.3, 0.4) is 0 Å². The normalized spacial score (nSPS) is 14.5. The van der Waals surface area contributed by atoms with Crippen LogP contribution >= 0.6 is 45.5 Å². The average Bonchev–Trinajstić information content (AvgIpc) is 3.72. The van der Waals surface area contributed by atoms with E-state index in [0.29, 0.717) is 45.5 Å². The maximum atomic E-state index is 12.7. The highest BCUT2D eigenvalue weighted by molar-refractivity contribution is 14.1. The molecule has 51 heavy (non-hydrogen) atoms. The summed E-state index contributed by atoms with van der Waals surface area (Å²) in [6.45, 7) is 10.8. The Balaban J connectivity index is 1.21. The second kappa shape index (κ2) is 17.3. The summed E-state index contributed by atoms with van der Waals surface area (Å²) in [5.41, 5.74) is 4.24. The van der Waals surface area contributed by atoms with Gasteiger partial charge in [-0.1, -0.05) is 49.2 Å². The first kappa shape index (κ1) is 37.3. The highest BCUT2D eigenvalue weighted by atomic mass is 127. The summed E-state index contributed by atoms with van der Waals surface area (Å²) < 4.78 is 21.5. The van der Waals surface area contributed by atoms with E-state index in [1.54, 1.807) is 6.20 Å². The molecule has 1 fully saturated rings. The van der Waals surface area contributed by atoms with Gasteiger partial charge in [-0.05, 0) is 77.9 Å². The van der Waals surface area contributed by atoms with Gasteiger partial charge in [0, 0.05) is 57.4 Å². The van der Waals surface area contributed by atoms with Crippen LogP contribution in [-0.2, 0) is 24.4 Å². The van der Waals surface area contributed by atoms with E-state index in [2.05, 4.69) is 61.4 Å². The maximum Gasteiger partial charge on any atom is 0.345 e. The van der Waals surface area contributed by atoms with Crippen LogP contribution in [0, 0.1) is 9.81 Å². The standard InChI is InChI=1S/C37H42ClIN6O5S/c1-4-5-14-45-26(12-13-42-45)22-49-28-9-7-6-8-25(28)21-30(37(46)47)50-35-32-31(34(39)51-36(32)41-23-40-35)27-10-11-29(33(38)24(27)2)48-20-19-44-17-15-43(3)16-18-44/h6-13,23,30H,4-5,14-22H2,1-3H3,(H,46,47)/t30-/m1/s1. The molecule has 270 valence electrons. The second-order valence-electron chi connectivity index (χ2n) is 12.6. The molecule has 1 atom stereocenters. The zero-order valence-corrected chi connectivity index (χ0v) is 32.7. The van der Waals surface area contributed by atoms with Crippen molar-refractivity contribution in [1.29, 1.82) is 0 Å². The molecule has 0 saturated carbocycles. The molecule has 6 rings (SSSR count). The number of carboxylic acid groups (broad SMARTS) is 1. The number of carbonyl (C=O) groups is 1. The number of piperazine rings is 1. The molecule has 0 bridgehead atoms. The lowest BCUT2D eigenvalue weighted by molar-refractivity contribution is -0.145. The fraction of sp³-hybridized carbons (Fsp3) is 0.405. The van der Waals surface area contributed by atoms with Gasteiger partial charge in [0.05, 0.1) is 19.0 Å². The van der Waals surface area contributed by atoms with Gasteiger partial charge in [-0.25, -0.2) is 14.8 Å². The summed E-state index contributed by atoms with van der Waals surface area (Å²) in [6.07, 6.45) is 4.08. The molecule has 1 N–H and O–H groups in total. The zero-order chi connectivity index (χ0) is 35.9. The molecular formula is C37H42ClIN6O5S. The fourth-order valence-corrected chi connectivity index (χ4v) is 8.36. The number of halogens is 2. The largest absolute Gasteiger partial charge is 0.491 e. The van der Waals surface area contributed by atoms with Crippen LogP contribution in [0.25, 0.3) is 21.3 Å². The molecule has 5 aromatic rings. The second-order valence-corrected chi connectivity index (χ2v) is 15.8. The molecule has 0 unspecified atom stereocenters. The zero-order valence-electron chi connectivity index (χ0n) is 29.0. The summed E-state index contributed by atoms with van der Waals surface area (Å²) in [5, 5.41) is 16.0. The number of thiophene rings is 1. The first-order chi connectivity index (χ1) is 24.7. The molecule has 4 heterocycles. The van der Waals surface area contributed by atoms with Crippen molar-refractivity contribution in [3.05, 3.63) is 79.7 Å². The third kappa shape index (κ3) is 8.94. The maximum absolute atomic E-state index is 12.7. The number of carboxylic acids is 1. The molecule has 2 aromatic carbocycles. The average molecular weight is 845 g/mol. The number of aromatic nitrogens is 4. The molecule has 0 aliphatic carbocycles. The van der Waals surface area contributed by atoms with E-state index in [1.807, 2.05) is 54.1 Å². The van der Waals surface area contributed by atoms with Crippen molar-refractivity contribution >= 4 is 61.7 Å². The Hall–Kier alpha value is -3.50. The Bertz CT molecular complexity index is 1960. The number of rotatable bonds is 16. The number of fused-ring (bicyclic) bond motifs is 1. The summed E-state index contributed by atoms with van der Waals surface area (Å²) in [4.78, 5) is 27.1. The van der Waals surface area contributed by atoms with Crippen molar-refractivity contribution in [2.75, 3.05) is 46.4 Å². The van der Waals surface area contributed by atoms with Gasteiger partial charge in [-0.3, -0.25) is 9.58 Å². The number of aryl methyl sites for hydroxylation is 1. The number of para-hydroxylation sites is 1. The number of hydrogen-bond acceptors (Lipinski definition) is 10. The van der Waals surface area contributed by atoms with Crippen molar-refractivity contribution in [3.8, 4) is 28.5 Å². The summed E-state index contributed by atoms with van der Waals surface area (Å²) in [6, 6.07) is 13.3. The predicted molar refractivity (Wildman–Crippen MR) is 208 cm³/mol. The third-order valence-corrected chi connectivity index (χ3v) is 11.7. The van der Waals surface area contributed by atoms with E-state index in [9.17, 15) is 9.90 Å². The van der Waals surface area contributed by atoms with E-state index in [1.165, 1.54) is 17.7 Å². The number of unbranched alkanes of at least 4 members (excludes halogenated alkanes) is 1. The molecule has 0 spiro atoms. The van der Waals surface area contributed by atoms with Gasteiger partial charge in [0.2, 0.25) is 12.0 Å². The van der Waals surface area contributed by atoms with Gasteiger partial charge in [0.1, 0.15) is 35.9 Å². The van der Waals surface area contributed by atoms with E-state index in [-0.39, 0.29) is 12.3 Å². The van der Waals surface area contributed by atoms with Crippen LogP contribution < -0.4 is 14.2 Å². The van der Waals surface area contributed by atoms with Crippen LogP contribution in [0.1, 0.15) is 36.6 Å². The lowest BCUT2D eigenvalue weighted by atomic mass is 10.0. The Kier molecular flexibility index (Phi) is 12.7. The van der Waals surface area contributed by atoms with Crippen LogP contribution in [0.2, 0.25) is 5.02 Å². The quantitative estimate of drug-likeness (QED) is 0.102. The van der Waals surface area contributed by atoms with Gasteiger partial charge in [0.15, 0.2) is 0 Å². The molecule has 11 nitrogen and oxygen atoms in total. The van der Waals surface area contributed by atoms with Gasteiger partial charge < -0.3 is 24.2 Å².